The molecule has 1 N–H and O–H groups in total. The number of hydrogen-bond donors (Lipinski definition) is 1. The molecule has 0 aliphatic rings. The van der Waals surface area contributed by atoms with Crippen LogP contribution in [0, 0.1) is 0 Å². The quantitative estimate of drug-likeness (QED) is 0.438. The molecule has 1 rings (SSSR count). The Bertz CT molecular complexity index is 327. The maximum Gasteiger partial charge on any atom is 0.185 e. The van der Waals surface area contributed by atoms with Gasteiger partial charge in [0.1, 0.15) is 5.75 Å². The number of ketones is 1. The SMILES string of the molecule is C=CC(=O)c1ccc(OCCCO)cc1. The van der Waals surface area contributed by atoms with Crippen molar-refractivity contribution in [3.8, 4) is 5.75 Å². The monoisotopic (exact) mass is 206 g/mol. The number of rotatable bonds is 6. The van der Waals surface area contributed by atoms with E-state index in [1.165, 1.54) is 6.08 Å². The van der Waals surface area contributed by atoms with Gasteiger partial charge >= 0.3 is 0 Å². The average molecular weight is 206 g/mol. The van der Waals surface area contributed by atoms with Crippen LogP contribution in [0.4, 0.5) is 0 Å². The van der Waals surface area contributed by atoms with Crippen molar-refractivity contribution in [2.45, 2.75) is 6.42 Å². The molecule has 1 aromatic rings. The standard InChI is InChI=1S/C12H14O3/c1-2-12(14)10-4-6-11(7-5-10)15-9-3-8-13/h2,4-7,13H,1,3,8-9H2. The molecule has 80 valence electrons. The van der Waals surface area contributed by atoms with Gasteiger partial charge in [-0.25, -0.2) is 0 Å². The van der Waals surface area contributed by atoms with Gasteiger partial charge in [-0.05, 0) is 30.3 Å². The number of hydrogen-bond acceptors (Lipinski definition) is 3. The van der Waals surface area contributed by atoms with Crippen molar-refractivity contribution < 1.29 is 14.6 Å². The minimum absolute atomic E-state index is 0.100. The highest BCUT2D eigenvalue weighted by atomic mass is 16.5. The topological polar surface area (TPSA) is 46.5 Å². The molecule has 0 amide bonds. The van der Waals surface area contributed by atoms with Crippen molar-refractivity contribution in [2.24, 2.45) is 0 Å². The van der Waals surface area contributed by atoms with E-state index in [0.717, 1.165) is 0 Å². The van der Waals surface area contributed by atoms with E-state index < -0.39 is 0 Å². The van der Waals surface area contributed by atoms with E-state index in [-0.39, 0.29) is 12.4 Å². The van der Waals surface area contributed by atoms with Gasteiger partial charge in [0.2, 0.25) is 0 Å². The third-order valence-electron chi connectivity index (χ3n) is 1.90. The van der Waals surface area contributed by atoms with Crippen molar-refractivity contribution >= 4 is 5.78 Å². The second-order valence-corrected chi connectivity index (χ2v) is 3.02. The molecule has 15 heavy (non-hydrogen) atoms. The maximum atomic E-state index is 11.2. The number of carbonyl (C=O) groups is 1. The average Bonchev–Trinajstić information content (AvgIpc) is 2.29. The van der Waals surface area contributed by atoms with Crippen LogP contribution in [0.5, 0.6) is 5.75 Å². The molecule has 0 spiro atoms. The van der Waals surface area contributed by atoms with E-state index in [4.69, 9.17) is 9.84 Å². The summed E-state index contributed by atoms with van der Waals surface area (Å²) in [6.45, 7) is 4.01. The molecule has 0 bridgehead atoms. The largest absolute Gasteiger partial charge is 0.494 e. The van der Waals surface area contributed by atoms with Gasteiger partial charge in [0.15, 0.2) is 5.78 Å². The summed E-state index contributed by atoms with van der Waals surface area (Å²) in [6.07, 6.45) is 1.88. The Morgan fingerprint density at radius 1 is 1.40 bits per heavy atom. The third kappa shape index (κ3) is 3.56. The van der Waals surface area contributed by atoms with Gasteiger partial charge in [-0.15, -0.1) is 0 Å². The van der Waals surface area contributed by atoms with Crippen molar-refractivity contribution in [2.75, 3.05) is 13.2 Å². The fraction of sp³-hybridized carbons (Fsp3) is 0.250. The highest BCUT2D eigenvalue weighted by Gasteiger charge is 2.00. The first-order valence-corrected chi connectivity index (χ1v) is 4.78. The van der Waals surface area contributed by atoms with Crippen LogP contribution in [0.1, 0.15) is 16.8 Å². The van der Waals surface area contributed by atoms with Crippen molar-refractivity contribution in [3.05, 3.63) is 42.5 Å². The Hall–Kier alpha value is -1.61. The van der Waals surface area contributed by atoms with Crippen molar-refractivity contribution in [3.63, 3.8) is 0 Å². The number of carbonyl (C=O) groups excluding carboxylic acids is 1. The predicted molar refractivity (Wildman–Crippen MR) is 58.2 cm³/mol. The first kappa shape index (κ1) is 11.5. The molecule has 0 aromatic heterocycles. The fourth-order valence-corrected chi connectivity index (χ4v) is 1.09. The van der Waals surface area contributed by atoms with Gasteiger partial charge in [-0.2, -0.15) is 0 Å². The lowest BCUT2D eigenvalue weighted by molar-refractivity contribution is 0.104. The molecule has 0 saturated heterocycles. The van der Waals surface area contributed by atoms with E-state index in [0.29, 0.717) is 24.3 Å². The summed E-state index contributed by atoms with van der Waals surface area (Å²) in [7, 11) is 0. The van der Waals surface area contributed by atoms with Crippen LogP contribution in [-0.4, -0.2) is 24.1 Å². The molecule has 1 aromatic carbocycles. The lowest BCUT2D eigenvalue weighted by Gasteiger charge is -2.04. The normalized spacial score (nSPS) is 9.67. The van der Waals surface area contributed by atoms with Crippen LogP contribution in [-0.2, 0) is 0 Å². The summed E-state index contributed by atoms with van der Waals surface area (Å²) in [5, 5.41) is 8.56. The Labute approximate surface area is 89.0 Å². The van der Waals surface area contributed by atoms with Gasteiger partial charge in [0.05, 0.1) is 6.61 Å². The van der Waals surface area contributed by atoms with Crippen LogP contribution >= 0.6 is 0 Å². The zero-order chi connectivity index (χ0) is 11.1. The van der Waals surface area contributed by atoms with Crippen LogP contribution in [0.3, 0.4) is 0 Å². The fourth-order valence-electron chi connectivity index (χ4n) is 1.09. The van der Waals surface area contributed by atoms with Gasteiger partial charge in [-0.3, -0.25) is 4.79 Å². The Morgan fingerprint density at radius 2 is 2.07 bits per heavy atom. The predicted octanol–water partition coefficient (Wildman–Crippen LogP) is 1.82. The van der Waals surface area contributed by atoms with E-state index in [1.807, 2.05) is 0 Å². The minimum atomic E-state index is -0.100. The second kappa shape index (κ2) is 5.98. The highest BCUT2D eigenvalue weighted by molar-refractivity contribution is 6.04. The second-order valence-electron chi connectivity index (χ2n) is 3.02. The van der Waals surface area contributed by atoms with E-state index in [1.54, 1.807) is 24.3 Å². The number of benzene rings is 1. The Balaban J connectivity index is 2.56. The van der Waals surface area contributed by atoms with Crippen molar-refractivity contribution in [1.29, 1.82) is 0 Å². The molecule has 0 unspecified atom stereocenters. The molecule has 3 nitrogen and oxygen atoms in total. The molecule has 0 fully saturated rings. The molecular weight excluding hydrogens is 192 g/mol. The maximum absolute atomic E-state index is 11.2. The molecule has 3 heteroatoms. The lowest BCUT2D eigenvalue weighted by Crippen LogP contribution is -2.00. The van der Waals surface area contributed by atoms with E-state index in [9.17, 15) is 4.79 Å². The first-order chi connectivity index (χ1) is 7.27. The number of allylic oxidation sites excluding steroid dienone is 1. The van der Waals surface area contributed by atoms with Crippen molar-refractivity contribution in [1.82, 2.24) is 0 Å². The van der Waals surface area contributed by atoms with Gasteiger partial charge < -0.3 is 9.84 Å². The van der Waals surface area contributed by atoms with Crippen LogP contribution < -0.4 is 4.74 Å². The molecule has 0 saturated carbocycles. The number of aliphatic hydroxyl groups is 1. The van der Waals surface area contributed by atoms with E-state index >= 15 is 0 Å². The molecule has 0 heterocycles. The first-order valence-electron chi connectivity index (χ1n) is 4.78. The van der Waals surface area contributed by atoms with Gasteiger partial charge in [0, 0.05) is 18.6 Å². The number of ether oxygens (including phenoxy) is 1. The van der Waals surface area contributed by atoms with Gasteiger partial charge in [-0.1, -0.05) is 6.58 Å². The number of aliphatic hydroxyl groups excluding tert-OH is 1. The smallest absolute Gasteiger partial charge is 0.185 e. The highest BCUT2D eigenvalue weighted by Crippen LogP contribution is 2.12. The lowest BCUT2D eigenvalue weighted by atomic mass is 10.1. The Kier molecular flexibility index (Phi) is 4.57. The van der Waals surface area contributed by atoms with Gasteiger partial charge in [0.25, 0.3) is 0 Å². The summed E-state index contributed by atoms with van der Waals surface area (Å²) in [5.74, 6) is 0.598. The minimum Gasteiger partial charge on any atom is -0.494 e. The van der Waals surface area contributed by atoms with Crippen LogP contribution in [0.15, 0.2) is 36.9 Å². The van der Waals surface area contributed by atoms with Crippen LogP contribution in [0.25, 0.3) is 0 Å². The summed E-state index contributed by atoms with van der Waals surface area (Å²) < 4.78 is 5.32. The molecular formula is C12H14O3. The summed E-state index contributed by atoms with van der Waals surface area (Å²) in [4.78, 5) is 11.2. The molecule has 0 radical (unpaired) electrons. The molecule has 0 aliphatic carbocycles. The van der Waals surface area contributed by atoms with E-state index in [2.05, 4.69) is 6.58 Å². The third-order valence-corrected chi connectivity index (χ3v) is 1.90. The Morgan fingerprint density at radius 3 is 2.60 bits per heavy atom. The van der Waals surface area contributed by atoms with Crippen LogP contribution in [0.2, 0.25) is 0 Å². The molecule has 0 atom stereocenters. The molecule has 0 aliphatic heterocycles. The zero-order valence-electron chi connectivity index (χ0n) is 8.48. The summed E-state index contributed by atoms with van der Waals surface area (Å²) in [6, 6.07) is 6.85. The summed E-state index contributed by atoms with van der Waals surface area (Å²) >= 11 is 0. The summed E-state index contributed by atoms with van der Waals surface area (Å²) in [5.41, 5.74) is 0.597. The zero-order valence-corrected chi connectivity index (χ0v) is 8.48.